The summed E-state index contributed by atoms with van der Waals surface area (Å²) in [6.45, 7) is 5.92. The Morgan fingerprint density at radius 3 is 2.22 bits per heavy atom. The van der Waals surface area contributed by atoms with E-state index in [4.69, 9.17) is 9.15 Å². The second-order valence-corrected chi connectivity index (χ2v) is 9.51. The number of carbonyl (C=O) groups excluding carboxylic acids is 1. The molecule has 182 valence electrons. The lowest BCUT2D eigenvalue weighted by Crippen LogP contribution is -2.29. The van der Waals surface area contributed by atoms with Gasteiger partial charge >= 0.3 is 0 Å². The van der Waals surface area contributed by atoms with Gasteiger partial charge in [0.25, 0.3) is 5.91 Å². The van der Waals surface area contributed by atoms with Crippen molar-refractivity contribution in [3.8, 4) is 11.5 Å². The lowest BCUT2D eigenvalue weighted by Gasteiger charge is -2.25. The summed E-state index contributed by atoms with van der Waals surface area (Å²) in [6, 6.07) is 27.8. The zero-order valence-corrected chi connectivity index (χ0v) is 20.8. The maximum Gasteiger partial charge on any atom is 0.295 e. The molecule has 0 aliphatic carbocycles. The molecule has 37 heavy (non-hydrogen) atoms. The van der Waals surface area contributed by atoms with E-state index in [0.717, 1.165) is 22.3 Å². The smallest absolute Gasteiger partial charge is 0.295 e. The summed E-state index contributed by atoms with van der Waals surface area (Å²) < 4.78 is 12.2. The van der Waals surface area contributed by atoms with Gasteiger partial charge in [0.15, 0.2) is 5.43 Å². The lowest BCUT2D eigenvalue weighted by molar-refractivity contribution is 0.0971. The summed E-state index contributed by atoms with van der Waals surface area (Å²) in [5.41, 5.74) is 5.10. The van der Waals surface area contributed by atoms with Crippen LogP contribution in [0.4, 0.5) is 5.69 Å². The highest BCUT2D eigenvalue weighted by Crippen LogP contribution is 2.42. The fourth-order valence-corrected chi connectivity index (χ4v) is 4.89. The SMILES string of the molecule is Cc1ccc(N2C(=O)c3oc4cc(C)c(C)cc4c(=O)c3C2c2cccc(Oc3ccccc3)c2)cc1. The van der Waals surface area contributed by atoms with Gasteiger partial charge < -0.3 is 9.15 Å². The number of hydrogen-bond donors (Lipinski definition) is 0. The standard InChI is InChI=1S/C32H25NO4/c1-19-12-14-23(15-13-19)33-29(22-8-7-11-25(18-22)36-24-9-5-4-6-10-24)28-30(34)26-16-20(2)21(3)17-27(26)37-31(28)32(33)35/h4-18,29H,1-3H3. The van der Waals surface area contributed by atoms with Crippen molar-refractivity contribution >= 4 is 22.6 Å². The first-order valence-corrected chi connectivity index (χ1v) is 12.2. The number of rotatable bonds is 4. The monoisotopic (exact) mass is 487 g/mol. The predicted molar refractivity (Wildman–Crippen MR) is 145 cm³/mol. The van der Waals surface area contributed by atoms with Crippen LogP contribution in [0, 0.1) is 20.8 Å². The van der Waals surface area contributed by atoms with E-state index in [1.165, 1.54) is 0 Å². The molecule has 0 saturated heterocycles. The first-order chi connectivity index (χ1) is 17.9. The number of hydrogen-bond acceptors (Lipinski definition) is 4. The fraction of sp³-hybridized carbons (Fsp3) is 0.125. The molecule has 5 nitrogen and oxygen atoms in total. The van der Waals surface area contributed by atoms with Crippen LogP contribution in [-0.2, 0) is 0 Å². The molecule has 5 heteroatoms. The van der Waals surface area contributed by atoms with Gasteiger partial charge in [-0.05, 0) is 86.0 Å². The first-order valence-electron chi connectivity index (χ1n) is 12.2. The van der Waals surface area contributed by atoms with Gasteiger partial charge in [0.2, 0.25) is 5.76 Å². The minimum atomic E-state index is -0.660. The summed E-state index contributed by atoms with van der Waals surface area (Å²) in [5.74, 6) is 1.07. The maximum atomic E-state index is 13.9. The van der Waals surface area contributed by atoms with Crippen LogP contribution in [0.15, 0.2) is 100 Å². The van der Waals surface area contributed by atoms with Crippen molar-refractivity contribution < 1.29 is 13.9 Å². The van der Waals surface area contributed by atoms with Crippen molar-refractivity contribution in [1.29, 1.82) is 0 Å². The zero-order chi connectivity index (χ0) is 25.7. The van der Waals surface area contributed by atoms with Crippen LogP contribution in [0.5, 0.6) is 11.5 Å². The molecule has 0 radical (unpaired) electrons. The fourth-order valence-electron chi connectivity index (χ4n) is 4.89. The van der Waals surface area contributed by atoms with E-state index in [-0.39, 0.29) is 17.1 Å². The molecule has 5 aromatic rings. The van der Waals surface area contributed by atoms with Gasteiger partial charge in [-0.25, -0.2) is 0 Å². The van der Waals surface area contributed by atoms with Gasteiger partial charge in [0.05, 0.1) is 17.0 Å². The molecule has 0 spiro atoms. The van der Waals surface area contributed by atoms with Crippen molar-refractivity contribution in [2.75, 3.05) is 4.90 Å². The molecule has 1 aliphatic heterocycles. The lowest BCUT2D eigenvalue weighted by atomic mass is 9.97. The van der Waals surface area contributed by atoms with Gasteiger partial charge in [-0.15, -0.1) is 0 Å². The van der Waals surface area contributed by atoms with Crippen LogP contribution in [0.1, 0.15) is 44.4 Å². The van der Waals surface area contributed by atoms with Crippen LogP contribution in [-0.4, -0.2) is 5.91 Å². The normalized spacial score (nSPS) is 14.7. The quantitative estimate of drug-likeness (QED) is 0.268. The van der Waals surface area contributed by atoms with Gasteiger partial charge in [-0.2, -0.15) is 0 Å². The zero-order valence-electron chi connectivity index (χ0n) is 20.8. The highest BCUT2D eigenvalue weighted by atomic mass is 16.5. The number of fused-ring (bicyclic) bond motifs is 2. The second-order valence-electron chi connectivity index (χ2n) is 9.51. The molecular weight excluding hydrogens is 462 g/mol. The molecule has 0 saturated carbocycles. The van der Waals surface area contributed by atoms with Crippen LogP contribution in [0.2, 0.25) is 0 Å². The highest BCUT2D eigenvalue weighted by Gasteiger charge is 2.43. The van der Waals surface area contributed by atoms with Crippen molar-refractivity contribution in [2.45, 2.75) is 26.8 Å². The molecule has 0 bridgehead atoms. The maximum absolute atomic E-state index is 13.9. The third kappa shape index (κ3) is 3.89. The number of ether oxygens (including phenoxy) is 1. The van der Waals surface area contributed by atoms with Gasteiger partial charge in [0.1, 0.15) is 17.1 Å². The van der Waals surface area contributed by atoms with Crippen LogP contribution >= 0.6 is 0 Å². The molecule has 1 atom stereocenters. The molecule has 1 unspecified atom stereocenters. The van der Waals surface area contributed by atoms with Crippen molar-refractivity contribution in [3.63, 3.8) is 0 Å². The third-order valence-corrected chi connectivity index (χ3v) is 6.95. The Morgan fingerprint density at radius 1 is 0.757 bits per heavy atom. The molecule has 6 rings (SSSR count). The number of amides is 1. The number of aryl methyl sites for hydroxylation is 3. The molecule has 1 amide bonds. The Bertz CT molecular complexity index is 1720. The molecule has 1 aliphatic rings. The average molecular weight is 488 g/mol. The van der Waals surface area contributed by atoms with E-state index < -0.39 is 6.04 Å². The molecule has 2 heterocycles. The number of nitrogens with zero attached hydrogens (tertiary/aromatic N) is 1. The summed E-state index contributed by atoms with van der Waals surface area (Å²) in [5, 5.41) is 0.474. The Labute approximate surface area is 214 Å². The number of para-hydroxylation sites is 1. The largest absolute Gasteiger partial charge is 0.457 e. The Kier molecular flexibility index (Phi) is 5.41. The van der Waals surface area contributed by atoms with Crippen LogP contribution in [0.3, 0.4) is 0 Å². The van der Waals surface area contributed by atoms with Gasteiger partial charge in [0, 0.05) is 5.69 Å². The van der Waals surface area contributed by atoms with E-state index in [1.807, 2.05) is 112 Å². The molecule has 0 fully saturated rings. The van der Waals surface area contributed by atoms with E-state index in [2.05, 4.69) is 0 Å². The molecular formula is C32H25NO4. The Balaban J connectivity index is 1.56. The highest BCUT2D eigenvalue weighted by molar-refractivity contribution is 6.10. The summed E-state index contributed by atoms with van der Waals surface area (Å²) >= 11 is 0. The third-order valence-electron chi connectivity index (χ3n) is 6.95. The minimum Gasteiger partial charge on any atom is -0.457 e. The summed E-state index contributed by atoms with van der Waals surface area (Å²) in [6.07, 6.45) is 0. The van der Waals surface area contributed by atoms with Crippen molar-refractivity contribution in [1.82, 2.24) is 0 Å². The van der Waals surface area contributed by atoms with E-state index in [1.54, 1.807) is 4.90 Å². The predicted octanol–water partition coefficient (Wildman–Crippen LogP) is 7.26. The van der Waals surface area contributed by atoms with E-state index in [9.17, 15) is 9.59 Å². The minimum absolute atomic E-state index is 0.0840. The number of carbonyl (C=O) groups is 1. The molecule has 1 aromatic heterocycles. The van der Waals surface area contributed by atoms with Gasteiger partial charge in [-0.3, -0.25) is 14.5 Å². The first kappa shape index (κ1) is 22.8. The number of anilines is 1. The average Bonchev–Trinajstić information content (AvgIpc) is 3.19. The summed E-state index contributed by atoms with van der Waals surface area (Å²) in [4.78, 5) is 29.4. The van der Waals surface area contributed by atoms with Gasteiger partial charge in [-0.1, -0.05) is 48.0 Å². The van der Waals surface area contributed by atoms with Crippen molar-refractivity contribution in [2.24, 2.45) is 0 Å². The van der Waals surface area contributed by atoms with E-state index in [0.29, 0.717) is 33.7 Å². The Morgan fingerprint density at radius 2 is 1.46 bits per heavy atom. The molecule has 0 N–H and O–H groups in total. The van der Waals surface area contributed by atoms with E-state index >= 15 is 0 Å². The van der Waals surface area contributed by atoms with Crippen molar-refractivity contribution in [3.05, 3.63) is 135 Å². The second kappa shape index (κ2) is 8.79. The Hall–Kier alpha value is -4.64. The number of benzene rings is 4. The summed E-state index contributed by atoms with van der Waals surface area (Å²) in [7, 11) is 0. The van der Waals surface area contributed by atoms with Crippen LogP contribution < -0.4 is 15.1 Å². The van der Waals surface area contributed by atoms with Crippen LogP contribution in [0.25, 0.3) is 11.0 Å². The molecule has 4 aromatic carbocycles. The topological polar surface area (TPSA) is 59.8 Å².